The van der Waals surface area contributed by atoms with Gasteiger partial charge in [-0.05, 0) is 32.1 Å². The van der Waals surface area contributed by atoms with E-state index >= 15 is 0 Å². The van der Waals surface area contributed by atoms with Gasteiger partial charge in [0.1, 0.15) is 12.4 Å². The van der Waals surface area contributed by atoms with Crippen molar-refractivity contribution in [1.29, 1.82) is 0 Å². The number of aryl methyl sites for hydroxylation is 1. The second-order valence-electron chi connectivity index (χ2n) is 5.49. The number of rotatable bonds is 7. The lowest BCUT2D eigenvalue weighted by Crippen LogP contribution is -2.39. The number of aromatic nitrogens is 3. The first kappa shape index (κ1) is 14.8. The van der Waals surface area contributed by atoms with Crippen molar-refractivity contribution in [3.63, 3.8) is 0 Å². The Bertz CT molecular complexity index is 447. The minimum absolute atomic E-state index is 0.559. The predicted molar refractivity (Wildman–Crippen MR) is 80.5 cm³/mol. The Morgan fingerprint density at radius 1 is 1.35 bits per heavy atom. The lowest BCUT2D eigenvalue weighted by Gasteiger charge is -2.11. The van der Waals surface area contributed by atoms with E-state index < -0.39 is 0 Å². The van der Waals surface area contributed by atoms with Crippen molar-refractivity contribution in [3.05, 3.63) is 11.6 Å². The summed E-state index contributed by atoms with van der Waals surface area (Å²) in [4.78, 5) is 4.61. The third kappa shape index (κ3) is 4.51. The van der Waals surface area contributed by atoms with Crippen molar-refractivity contribution in [1.82, 2.24) is 25.4 Å². The molecule has 112 valence electrons. The van der Waals surface area contributed by atoms with Crippen LogP contribution in [0.3, 0.4) is 0 Å². The van der Waals surface area contributed by atoms with Gasteiger partial charge in [-0.3, -0.25) is 0 Å². The topological polar surface area (TPSA) is 67.1 Å². The summed E-state index contributed by atoms with van der Waals surface area (Å²) < 4.78 is 1.98. The van der Waals surface area contributed by atoms with Gasteiger partial charge in [0.2, 0.25) is 0 Å². The molecule has 1 heterocycles. The van der Waals surface area contributed by atoms with Gasteiger partial charge >= 0.3 is 0 Å². The molecule has 1 saturated carbocycles. The maximum atomic E-state index is 4.61. The highest BCUT2D eigenvalue weighted by Crippen LogP contribution is 2.27. The highest BCUT2D eigenvalue weighted by atomic mass is 15.3. The average molecular weight is 278 g/mol. The molecule has 1 aliphatic carbocycles. The molecular formula is C14H26N6. The Morgan fingerprint density at radius 2 is 2.15 bits per heavy atom. The maximum absolute atomic E-state index is 4.61. The Balaban J connectivity index is 1.88. The molecule has 1 aliphatic rings. The molecule has 20 heavy (non-hydrogen) atoms. The molecule has 0 aromatic carbocycles. The van der Waals surface area contributed by atoms with E-state index in [2.05, 4.69) is 32.7 Å². The van der Waals surface area contributed by atoms with Crippen LogP contribution in [0.15, 0.2) is 4.99 Å². The molecule has 6 nitrogen and oxygen atoms in total. The van der Waals surface area contributed by atoms with Crippen LogP contribution in [-0.2, 0) is 13.6 Å². The van der Waals surface area contributed by atoms with Crippen molar-refractivity contribution in [2.45, 2.75) is 46.1 Å². The van der Waals surface area contributed by atoms with Gasteiger partial charge in [0.05, 0.1) is 0 Å². The van der Waals surface area contributed by atoms with Crippen LogP contribution >= 0.6 is 0 Å². The van der Waals surface area contributed by atoms with Gasteiger partial charge in [-0.15, -0.1) is 10.2 Å². The average Bonchev–Trinajstić information content (AvgIpc) is 3.22. The quantitative estimate of drug-likeness (QED) is 0.449. The molecule has 0 spiro atoms. The molecule has 2 rings (SSSR count). The van der Waals surface area contributed by atoms with E-state index in [9.17, 15) is 0 Å². The minimum atomic E-state index is 0.559. The Morgan fingerprint density at radius 3 is 2.75 bits per heavy atom. The second-order valence-corrected chi connectivity index (χ2v) is 5.49. The molecule has 0 saturated heterocycles. The molecule has 6 heteroatoms. The number of guanidine groups is 1. The van der Waals surface area contributed by atoms with Gasteiger partial charge in [-0.25, -0.2) is 4.99 Å². The zero-order chi connectivity index (χ0) is 14.4. The number of hydrogen-bond acceptors (Lipinski definition) is 3. The van der Waals surface area contributed by atoms with Crippen LogP contribution < -0.4 is 10.6 Å². The summed E-state index contributed by atoms with van der Waals surface area (Å²) in [6.07, 6.45) is 5.04. The van der Waals surface area contributed by atoms with Gasteiger partial charge < -0.3 is 15.2 Å². The fourth-order valence-electron chi connectivity index (χ4n) is 1.86. The molecule has 1 aromatic heterocycles. The molecule has 1 fully saturated rings. The van der Waals surface area contributed by atoms with E-state index in [-0.39, 0.29) is 0 Å². The minimum Gasteiger partial charge on any atom is -0.356 e. The van der Waals surface area contributed by atoms with E-state index in [1.54, 1.807) is 0 Å². The Hall–Kier alpha value is -1.59. The van der Waals surface area contributed by atoms with Crippen LogP contribution in [0, 0.1) is 12.8 Å². The molecule has 0 bridgehead atoms. The van der Waals surface area contributed by atoms with Crippen molar-refractivity contribution in [3.8, 4) is 0 Å². The summed E-state index contributed by atoms with van der Waals surface area (Å²) in [5, 5.41) is 15.0. The molecule has 2 N–H and O–H groups in total. The predicted octanol–water partition coefficient (Wildman–Crippen LogP) is 1.37. The molecule has 0 amide bonds. The first-order valence-corrected chi connectivity index (χ1v) is 7.57. The number of hydrogen-bond donors (Lipinski definition) is 2. The smallest absolute Gasteiger partial charge is 0.191 e. The second kappa shape index (κ2) is 7.26. The lowest BCUT2D eigenvalue weighted by atomic mass is 10.3. The SMILES string of the molecule is CCCCNC(=NCc1nnc(C)n1C)NCC1CC1. The molecular weight excluding hydrogens is 252 g/mol. The van der Waals surface area contributed by atoms with Crippen LogP contribution in [0.2, 0.25) is 0 Å². The van der Waals surface area contributed by atoms with Crippen molar-refractivity contribution < 1.29 is 0 Å². The molecule has 1 aromatic rings. The first-order chi connectivity index (χ1) is 9.70. The van der Waals surface area contributed by atoms with Gasteiger partial charge in [0.15, 0.2) is 11.8 Å². The van der Waals surface area contributed by atoms with Crippen LogP contribution in [0.5, 0.6) is 0 Å². The van der Waals surface area contributed by atoms with Crippen molar-refractivity contribution >= 4 is 5.96 Å². The summed E-state index contributed by atoms with van der Waals surface area (Å²) in [6.45, 7) is 6.69. The highest BCUT2D eigenvalue weighted by Gasteiger charge is 2.21. The summed E-state index contributed by atoms with van der Waals surface area (Å²) in [6, 6.07) is 0. The Labute approximate surface area is 121 Å². The van der Waals surface area contributed by atoms with Gasteiger partial charge in [-0.1, -0.05) is 13.3 Å². The summed E-state index contributed by atoms with van der Waals surface area (Å²) in [7, 11) is 1.97. The third-order valence-corrected chi connectivity index (χ3v) is 3.64. The molecule has 0 aliphatic heterocycles. The summed E-state index contributed by atoms with van der Waals surface area (Å²) >= 11 is 0. The van der Waals surface area contributed by atoms with E-state index in [0.717, 1.165) is 43.0 Å². The van der Waals surface area contributed by atoms with Gasteiger partial charge in [0.25, 0.3) is 0 Å². The van der Waals surface area contributed by atoms with E-state index in [1.165, 1.54) is 19.3 Å². The maximum Gasteiger partial charge on any atom is 0.191 e. The zero-order valence-corrected chi connectivity index (χ0v) is 12.8. The Kier molecular flexibility index (Phi) is 5.38. The lowest BCUT2D eigenvalue weighted by molar-refractivity contribution is 0.696. The van der Waals surface area contributed by atoms with Crippen molar-refractivity contribution in [2.24, 2.45) is 18.0 Å². The fraction of sp³-hybridized carbons (Fsp3) is 0.786. The third-order valence-electron chi connectivity index (χ3n) is 3.64. The number of nitrogens with one attached hydrogen (secondary N) is 2. The summed E-state index contributed by atoms with van der Waals surface area (Å²) in [5.41, 5.74) is 0. The van der Waals surface area contributed by atoms with Crippen molar-refractivity contribution in [2.75, 3.05) is 13.1 Å². The van der Waals surface area contributed by atoms with E-state index in [0.29, 0.717) is 6.54 Å². The zero-order valence-electron chi connectivity index (χ0n) is 12.8. The molecule has 0 radical (unpaired) electrons. The van der Waals surface area contributed by atoms with Crippen LogP contribution in [0.4, 0.5) is 0 Å². The van der Waals surface area contributed by atoms with E-state index in [1.807, 2.05) is 18.5 Å². The van der Waals surface area contributed by atoms with Crippen LogP contribution in [-0.4, -0.2) is 33.8 Å². The van der Waals surface area contributed by atoms with Crippen LogP contribution in [0.25, 0.3) is 0 Å². The first-order valence-electron chi connectivity index (χ1n) is 7.57. The fourth-order valence-corrected chi connectivity index (χ4v) is 1.86. The van der Waals surface area contributed by atoms with Crippen LogP contribution in [0.1, 0.15) is 44.3 Å². The van der Waals surface area contributed by atoms with Gasteiger partial charge in [-0.2, -0.15) is 0 Å². The largest absolute Gasteiger partial charge is 0.356 e. The van der Waals surface area contributed by atoms with Gasteiger partial charge in [0, 0.05) is 20.1 Å². The summed E-state index contributed by atoms with van der Waals surface area (Å²) in [5.74, 6) is 3.54. The van der Waals surface area contributed by atoms with E-state index in [4.69, 9.17) is 0 Å². The number of nitrogens with zero attached hydrogens (tertiary/aromatic N) is 4. The molecule has 0 atom stereocenters. The normalized spacial score (nSPS) is 15.4. The standard InChI is InChI=1S/C14H26N6/c1-4-5-8-15-14(16-9-12-6-7-12)17-10-13-19-18-11(2)20(13)3/h12H,4-10H2,1-3H3,(H2,15,16,17). The molecule has 0 unspecified atom stereocenters. The number of unbranched alkanes of at least 4 members (excludes halogenated alkanes) is 1. The number of aliphatic imine (C=N–C) groups is 1. The highest BCUT2D eigenvalue weighted by molar-refractivity contribution is 5.79. The monoisotopic (exact) mass is 278 g/mol.